The smallest absolute Gasteiger partial charge is 0.132 e. The number of anilines is 2. The van der Waals surface area contributed by atoms with E-state index in [1.165, 1.54) is 25.9 Å². The van der Waals surface area contributed by atoms with Crippen LogP contribution in [0.15, 0.2) is 6.07 Å². The van der Waals surface area contributed by atoms with Crippen LogP contribution < -0.4 is 10.6 Å². The molecular formula is C13H21N5. The van der Waals surface area contributed by atoms with E-state index in [0.29, 0.717) is 6.04 Å². The van der Waals surface area contributed by atoms with Crippen LogP contribution in [0.4, 0.5) is 11.6 Å². The van der Waals surface area contributed by atoms with Gasteiger partial charge in [0.05, 0.1) is 0 Å². The fourth-order valence-corrected chi connectivity index (χ4v) is 3.09. The molecule has 1 aromatic rings. The molecule has 1 atom stereocenters. The normalized spacial score (nSPS) is 30.2. The van der Waals surface area contributed by atoms with E-state index >= 15 is 0 Å². The van der Waals surface area contributed by atoms with Crippen molar-refractivity contribution < 1.29 is 0 Å². The molecule has 3 aliphatic rings. The average Bonchev–Trinajstić information content (AvgIpc) is 2.39. The van der Waals surface area contributed by atoms with Gasteiger partial charge in [-0.1, -0.05) is 0 Å². The third kappa shape index (κ3) is 2.27. The zero-order valence-corrected chi connectivity index (χ0v) is 11.1. The fourth-order valence-electron chi connectivity index (χ4n) is 3.09. The van der Waals surface area contributed by atoms with E-state index in [1.54, 1.807) is 0 Å². The van der Waals surface area contributed by atoms with Gasteiger partial charge in [0.25, 0.3) is 0 Å². The van der Waals surface area contributed by atoms with Gasteiger partial charge >= 0.3 is 0 Å². The van der Waals surface area contributed by atoms with Gasteiger partial charge in [0.15, 0.2) is 0 Å². The summed E-state index contributed by atoms with van der Waals surface area (Å²) in [5, 5.41) is 6.67. The lowest BCUT2D eigenvalue weighted by Crippen LogP contribution is -2.53. The molecular weight excluding hydrogens is 226 g/mol. The summed E-state index contributed by atoms with van der Waals surface area (Å²) in [7, 11) is 1.89. The Labute approximate surface area is 108 Å². The van der Waals surface area contributed by atoms with Gasteiger partial charge < -0.3 is 15.5 Å². The van der Waals surface area contributed by atoms with Crippen LogP contribution in [0.5, 0.6) is 0 Å². The Balaban J connectivity index is 1.74. The highest BCUT2D eigenvalue weighted by Gasteiger charge is 2.34. The van der Waals surface area contributed by atoms with E-state index in [9.17, 15) is 0 Å². The molecule has 4 heterocycles. The molecule has 18 heavy (non-hydrogen) atoms. The van der Waals surface area contributed by atoms with Gasteiger partial charge in [0.2, 0.25) is 0 Å². The maximum Gasteiger partial charge on any atom is 0.132 e. The van der Waals surface area contributed by atoms with Gasteiger partial charge in [-0.05, 0) is 38.8 Å². The molecule has 5 nitrogen and oxygen atoms in total. The summed E-state index contributed by atoms with van der Waals surface area (Å²) < 4.78 is 0. The van der Waals surface area contributed by atoms with Crippen LogP contribution in [-0.4, -0.2) is 47.6 Å². The average molecular weight is 247 g/mol. The van der Waals surface area contributed by atoms with Gasteiger partial charge in [0.1, 0.15) is 17.5 Å². The lowest BCUT2D eigenvalue weighted by atomic mass is 9.84. The zero-order chi connectivity index (χ0) is 12.5. The van der Waals surface area contributed by atoms with E-state index in [2.05, 4.69) is 25.5 Å². The predicted molar refractivity (Wildman–Crippen MR) is 72.9 cm³/mol. The van der Waals surface area contributed by atoms with Crippen molar-refractivity contribution in [1.29, 1.82) is 0 Å². The number of piperidine rings is 3. The Hall–Kier alpha value is -1.36. The van der Waals surface area contributed by atoms with Gasteiger partial charge in [-0.2, -0.15) is 0 Å². The molecule has 0 radical (unpaired) electrons. The quantitative estimate of drug-likeness (QED) is 0.844. The fraction of sp³-hybridized carbons (Fsp3) is 0.692. The van der Waals surface area contributed by atoms with Gasteiger partial charge in [-0.25, -0.2) is 9.97 Å². The molecule has 2 N–H and O–H groups in total. The first-order valence-corrected chi connectivity index (χ1v) is 6.77. The minimum Gasteiger partial charge on any atom is -0.373 e. The van der Waals surface area contributed by atoms with Gasteiger partial charge in [-0.15, -0.1) is 0 Å². The van der Waals surface area contributed by atoms with Crippen molar-refractivity contribution in [2.24, 2.45) is 5.92 Å². The number of fused-ring (bicyclic) bond motifs is 3. The topological polar surface area (TPSA) is 53.1 Å². The second kappa shape index (κ2) is 4.72. The van der Waals surface area contributed by atoms with E-state index in [1.807, 2.05) is 20.0 Å². The molecule has 3 fully saturated rings. The van der Waals surface area contributed by atoms with Crippen molar-refractivity contribution >= 4 is 11.6 Å². The summed E-state index contributed by atoms with van der Waals surface area (Å²) in [5.41, 5.74) is 0. The molecule has 4 rings (SSSR count). The number of rotatable bonds is 3. The van der Waals surface area contributed by atoms with E-state index in [-0.39, 0.29) is 0 Å². The highest BCUT2D eigenvalue weighted by atomic mass is 15.2. The highest BCUT2D eigenvalue weighted by Crippen LogP contribution is 2.29. The maximum atomic E-state index is 4.48. The molecule has 1 unspecified atom stereocenters. The minimum absolute atomic E-state index is 0.548. The summed E-state index contributed by atoms with van der Waals surface area (Å²) in [6.45, 7) is 5.63. The van der Waals surface area contributed by atoms with Crippen molar-refractivity contribution in [3.05, 3.63) is 11.9 Å². The van der Waals surface area contributed by atoms with E-state index < -0.39 is 0 Å². The summed E-state index contributed by atoms with van der Waals surface area (Å²) in [5.74, 6) is 3.45. The number of nitrogens with one attached hydrogen (secondary N) is 2. The van der Waals surface area contributed by atoms with Crippen LogP contribution in [0.3, 0.4) is 0 Å². The van der Waals surface area contributed by atoms with Crippen molar-refractivity contribution in [1.82, 2.24) is 14.9 Å². The molecule has 1 aromatic heterocycles. The molecule has 0 saturated carbocycles. The van der Waals surface area contributed by atoms with Crippen molar-refractivity contribution in [2.45, 2.75) is 25.8 Å². The molecule has 0 amide bonds. The Kier molecular flexibility index (Phi) is 3.07. The van der Waals surface area contributed by atoms with Crippen LogP contribution in [0, 0.1) is 12.8 Å². The van der Waals surface area contributed by atoms with Crippen LogP contribution in [0.1, 0.15) is 18.7 Å². The molecule has 3 saturated heterocycles. The summed E-state index contributed by atoms with van der Waals surface area (Å²) in [6.07, 6.45) is 2.64. The molecule has 5 heteroatoms. The molecule has 98 valence electrons. The molecule has 0 aromatic carbocycles. The van der Waals surface area contributed by atoms with E-state index in [4.69, 9.17) is 0 Å². The Morgan fingerprint density at radius 2 is 1.94 bits per heavy atom. The number of hydrogen-bond donors (Lipinski definition) is 2. The number of aromatic nitrogens is 2. The van der Waals surface area contributed by atoms with Crippen molar-refractivity contribution in [2.75, 3.05) is 37.3 Å². The Morgan fingerprint density at radius 3 is 2.56 bits per heavy atom. The van der Waals surface area contributed by atoms with E-state index in [0.717, 1.165) is 29.9 Å². The first-order valence-electron chi connectivity index (χ1n) is 6.77. The summed E-state index contributed by atoms with van der Waals surface area (Å²) in [4.78, 5) is 11.3. The third-order valence-corrected chi connectivity index (χ3v) is 4.08. The standard InChI is InChI=1S/C13H21N5/c1-9-15-12(14-2)7-13(16-9)17-11-8-18-5-3-10(11)4-6-18/h7,10-11H,3-6,8H2,1-2H3,(H2,14,15,16,17). The lowest BCUT2D eigenvalue weighted by molar-refractivity contribution is 0.0974. The summed E-state index contributed by atoms with van der Waals surface area (Å²) >= 11 is 0. The molecule has 3 aliphatic heterocycles. The Morgan fingerprint density at radius 1 is 1.22 bits per heavy atom. The van der Waals surface area contributed by atoms with Crippen molar-refractivity contribution in [3.8, 4) is 0 Å². The second-order valence-corrected chi connectivity index (χ2v) is 5.32. The zero-order valence-electron chi connectivity index (χ0n) is 11.1. The maximum absolute atomic E-state index is 4.48. The largest absolute Gasteiger partial charge is 0.373 e. The lowest BCUT2D eigenvalue weighted by Gasteiger charge is -2.45. The van der Waals surface area contributed by atoms with Crippen LogP contribution in [0.25, 0.3) is 0 Å². The van der Waals surface area contributed by atoms with Gasteiger partial charge in [0, 0.05) is 25.7 Å². The van der Waals surface area contributed by atoms with Crippen LogP contribution in [0.2, 0.25) is 0 Å². The van der Waals surface area contributed by atoms with Crippen molar-refractivity contribution in [3.63, 3.8) is 0 Å². The molecule has 0 spiro atoms. The summed E-state index contributed by atoms with van der Waals surface area (Å²) in [6, 6.07) is 2.54. The highest BCUT2D eigenvalue weighted by molar-refractivity contribution is 5.47. The Bertz CT molecular complexity index is 425. The number of nitrogens with zero attached hydrogens (tertiary/aromatic N) is 3. The first-order chi connectivity index (χ1) is 8.74. The predicted octanol–water partition coefficient (Wildman–Crippen LogP) is 1.33. The number of hydrogen-bond acceptors (Lipinski definition) is 5. The minimum atomic E-state index is 0.548. The molecule has 2 bridgehead atoms. The third-order valence-electron chi connectivity index (χ3n) is 4.08. The molecule has 0 aliphatic carbocycles. The van der Waals surface area contributed by atoms with Crippen LogP contribution in [-0.2, 0) is 0 Å². The van der Waals surface area contributed by atoms with Gasteiger partial charge in [-0.3, -0.25) is 0 Å². The first kappa shape index (κ1) is 11.7. The monoisotopic (exact) mass is 247 g/mol. The SMILES string of the molecule is CNc1cc(NC2CN3CCC2CC3)nc(C)n1. The number of aryl methyl sites for hydroxylation is 1. The van der Waals surface area contributed by atoms with Crippen LogP contribution >= 0.6 is 0 Å². The second-order valence-electron chi connectivity index (χ2n) is 5.32.